The fourth-order valence-electron chi connectivity index (χ4n) is 3.73. The molecule has 6 heteroatoms. The van der Waals surface area contributed by atoms with Gasteiger partial charge in [0.1, 0.15) is 12.1 Å². The molecular weight excluding hydrogens is 342 g/mol. The molecule has 27 heavy (non-hydrogen) atoms. The van der Waals surface area contributed by atoms with E-state index in [9.17, 15) is 4.79 Å². The smallest absolute Gasteiger partial charge is 0.302 e. The maximum absolute atomic E-state index is 13.3. The summed E-state index contributed by atoms with van der Waals surface area (Å²) in [4.78, 5) is 20.1. The second-order valence-corrected chi connectivity index (χ2v) is 6.45. The molecule has 0 aliphatic carbocycles. The van der Waals surface area contributed by atoms with E-state index in [1.54, 1.807) is 17.7 Å². The van der Waals surface area contributed by atoms with E-state index in [0.29, 0.717) is 17.9 Å². The molecule has 6 nitrogen and oxygen atoms in total. The zero-order chi connectivity index (χ0) is 19.0. The van der Waals surface area contributed by atoms with Crippen molar-refractivity contribution in [3.8, 4) is 11.5 Å². The Morgan fingerprint density at radius 3 is 2.59 bits per heavy atom. The molecule has 0 atom stereocenters. The van der Waals surface area contributed by atoms with E-state index in [1.807, 2.05) is 30.3 Å². The molecule has 3 heterocycles. The molecule has 0 unspecified atom stereocenters. The van der Waals surface area contributed by atoms with Crippen LogP contribution in [-0.4, -0.2) is 47.6 Å². The van der Waals surface area contributed by atoms with Crippen LogP contribution in [-0.2, 0) is 0 Å². The van der Waals surface area contributed by atoms with Gasteiger partial charge in [0, 0.05) is 23.5 Å². The molecule has 3 aromatic heterocycles. The van der Waals surface area contributed by atoms with Crippen LogP contribution in [0.2, 0.25) is 0 Å². The first-order valence-corrected chi connectivity index (χ1v) is 9.27. The van der Waals surface area contributed by atoms with Gasteiger partial charge in [-0.2, -0.15) is 0 Å². The Kier molecular flexibility index (Phi) is 4.58. The average molecular weight is 365 g/mol. The number of likely N-dealkylation sites (N-methyl/N-ethyl adjacent to an activating group) is 1. The maximum atomic E-state index is 13.3. The molecule has 0 aliphatic rings. The van der Waals surface area contributed by atoms with Gasteiger partial charge in [-0.25, -0.2) is 0 Å². The summed E-state index contributed by atoms with van der Waals surface area (Å²) in [5.74, 6) is 0.624. The Bertz CT molecular complexity index is 1150. The number of benzene rings is 1. The number of methoxy groups -OCH3 is 1. The summed E-state index contributed by atoms with van der Waals surface area (Å²) in [7, 11) is 1.55. The van der Waals surface area contributed by atoms with Gasteiger partial charge < -0.3 is 14.4 Å². The predicted molar refractivity (Wildman–Crippen MR) is 107 cm³/mol. The monoisotopic (exact) mass is 365 g/mol. The minimum Gasteiger partial charge on any atom is -0.491 e. The van der Waals surface area contributed by atoms with Gasteiger partial charge in [0.15, 0.2) is 5.75 Å². The van der Waals surface area contributed by atoms with E-state index in [2.05, 4.69) is 23.7 Å². The van der Waals surface area contributed by atoms with Crippen LogP contribution in [0.3, 0.4) is 0 Å². The number of hydrogen-bond acceptors (Lipinski definition) is 5. The lowest BCUT2D eigenvalue weighted by molar-refractivity contribution is 0.215. The van der Waals surface area contributed by atoms with Crippen molar-refractivity contribution in [2.24, 2.45) is 0 Å². The number of fused-ring (bicyclic) bond motifs is 3. The van der Waals surface area contributed by atoms with Crippen LogP contribution in [0.25, 0.3) is 27.3 Å². The number of rotatable bonds is 7. The lowest BCUT2D eigenvalue weighted by Gasteiger charge is -2.19. The summed E-state index contributed by atoms with van der Waals surface area (Å²) < 4.78 is 13.2. The van der Waals surface area contributed by atoms with Crippen LogP contribution in [0.1, 0.15) is 13.8 Å². The SMILES string of the molecule is CCN(CC)CCOc1c(OC)c2nccc3c4ccccc4n(c1=O)c23. The highest BCUT2D eigenvalue weighted by Gasteiger charge is 2.23. The topological polar surface area (TPSA) is 56.1 Å². The molecule has 0 bridgehead atoms. The first-order valence-electron chi connectivity index (χ1n) is 9.27. The number of hydrogen-bond donors (Lipinski definition) is 0. The van der Waals surface area contributed by atoms with Gasteiger partial charge in [0.2, 0.25) is 5.75 Å². The van der Waals surface area contributed by atoms with Crippen molar-refractivity contribution in [1.82, 2.24) is 14.3 Å². The highest BCUT2D eigenvalue weighted by molar-refractivity contribution is 6.14. The Labute approximate surface area is 157 Å². The molecule has 4 aromatic rings. The lowest BCUT2D eigenvalue weighted by Crippen LogP contribution is -2.29. The number of para-hydroxylation sites is 1. The molecule has 0 aliphatic heterocycles. The number of nitrogens with zero attached hydrogens (tertiary/aromatic N) is 3. The molecule has 1 aromatic carbocycles. The van der Waals surface area contributed by atoms with Crippen LogP contribution in [0.15, 0.2) is 41.3 Å². The van der Waals surface area contributed by atoms with Crippen molar-refractivity contribution < 1.29 is 9.47 Å². The first-order chi connectivity index (χ1) is 13.2. The highest BCUT2D eigenvalue weighted by atomic mass is 16.5. The Balaban J connectivity index is 1.93. The summed E-state index contributed by atoms with van der Waals surface area (Å²) in [6.07, 6.45) is 1.75. The zero-order valence-electron chi connectivity index (χ0n) is 15.9. The number of aromatic nitrogens is 2. The molecule has 140 valence electrons. The van der Waals surface area contributed by atoms with Crippen molar-refractivity contribution in [1.29, 1.82) is 0 Å². The fourth-order valence-corrected chi connectivity index (χ4v) is 3.73. The molecule has 0 amide bonds. The Hall–Kier alpha value is -2.86. The van der Waals surface area contributed by atoms with E-state index in [0.717, 1.165) is 41.4 Å². The van der Waals surface area contributed by atoms with Crippen LogP contribution in [0, 0.1) is 0 Å². The minimum atomic E-state index is -0.210. The van der Waals surface area contributed by atoms with E-state index >= 15 is 0 Å². The maximum Gasteiger partial charge on any atom is 0.302 e. The van der Waals surface area contributed by atoms with Crippen LogP contribution >= 0.6 is 0 Å². The van der Waals surface area contributed by atoms with E-state index in [-0.39, 0.29) is 11.3 Å². The summed E-state index contributed by atoms with van der Waals surface area (Å²) >= 11 is 0. The fraction of sp³-hybridized carbons (Fsp3) is 0.333. The summed E-state index contributed by atoms with van der Waals surface area (Å²) in [6, 6.07) is 9.80. The molecule has 0 fully saturated rings. The largest absolute Gasteiger partial charge is 0.491 e. The van der Waals surface area contributed by atoms with Crippen LogP contribution < -0.4 is 15.0 Å². The van der Waals surface area contributed by atoms with Crippen molar-refractivity contribution in [2.45, 2.75) is 13.8 Å². The number of ether oxygens (including phenoxy) is 2. The molecular formula is C21H23N3O3. The molecule has 0 N–H and O–H groups in total. The highest BCUT2D eigenvalue weighted by Crippen LogP contribution is 2.37. The van der Waals surface area contributed by atoms with Gasteiger partial charge in [0.25, 0.3) is 0 Å². The van der Waals surface area contributed by atoms with Gasteiger partial charge >= 0.3 is 5.56 Å². The average Bonchev–Trinajstić information content (AvgIpc) is 3.05. The standard InChI is InChI=1S/C21H23N3O3/c1-4-23(5-2)12-13-27-20-19(26-3)17-18-15(10-11-22-17)14-8-6-7-9-16(14)24(18)21(20)25/h6-11H,4-5,12-13H2,1-3H3. The van der Waals surface area contributed by atoms with Crippen molar-refractivity contribution in [2.75, 3.05) is 33.4 Å². The van der Waals surface area contributed by atoms with E-state index in [4.69, 9.17) is 9.47 Å². The van der Waals surface area contributed by atoms with E-state index in [1.165, 1.54) is 0 Å². The first kappa shape index (κ1) is 17.5. The zero-order valence-corrected chi connectivity index (χ0v) is 15.9. The summed E-state index contributed by atoms with van der Waals surface area (Å²) in [5, 5.41) is 2.00. The second kappa shape index (κ2) is 7.04. The second-order valence-electron chi connectivity index (χ2n) is 6.45. The molecule has 0 spiro atoms. The van der Waals surface area contributed by atoms with Gasteiger partial charge in [-0.1, -0.05) is 32.0 Å². The third-order valence-corrected chi connectivity index (χ3v) is 5.15. The summed E-state index contributed by atoms with van der Waals surface area (Å²) in [5.41, 5.74) is 2.06. The summed E-state index contributed by atoms with van der Waals surface area (Å²) in [6.45, 7) is 7.27. The van der Waals surface area contributed by atoms with Gasteiger partial charge in [-0.05, 0) is 25.2 Å². The number of pyridine rings is 2. The minimum absolute atomic E-state index is 0.210. The van der Waals surface area contributed by atoms with Crippen LogP contribution in [0.4, 0.5) is 0 Å². The van der Waals surface area contributed by atoms with Crippen molar-refractivity contribution in [3.05, 3.63) is 46.9 Å². The van der Waals surface area contributed by atoms with Gasteiger partial charge in [-0.3, -0.25) is 14.2 Å². The van der Waals surface area contributed by atoms with Crippen molar-refractivity contribution >= 4 is 27.3 Å². The Morgan fingerprint density at radius 2 is 1.85 bits per heavy atom. The lowest BCUT2D eigenvalue weighted by atomic mass is 10.2. The normalized spacial score (nSPS) is 11.9. The molecule has 0 saturated heterocycles. The van der Waals surface area contributed by atoms with Crippen LogP contribution in [0.5, 0.6) is 11.5 Å². The molecule has 0 radical (unpaired) electrons. The van der Waals surface area contributed by atoms with E-state index < -0.39 is 0 Å². The van der Waals surface area contributed by atoms with Gasteiger partial charge in [-0.15, -0.1) is 0 Å². The molecule has 4 rings (SSSR count). The Morgan fingerprint density at radius 1 is 1.07 bits per heavy atom. The third kappa shape index (κ3) is 2.68. The predicted octanol–water partition coefficient (Wildman–Crippen LogP) is 3.17. The third-order valence-electron chi connectivity index (χ3n) is 5.15. The quantitative estimate of drug-likeness (QED) is 0.503. The van der Waals surface area contributed by atoms with Crippen molar-refractivity contribution in [3.63, 3.8) is 0 Å². The van der Waals surface area contributed by atoms with Gasteiger partial charge in [0.05, 0.1) is 18.1 Å². The molecule has 0 saturated carbocycles.